The zero-order valence-electron chi connectivity index (χ0n) is 11.8. The van der Waals surface area contributed by atoms with Crippen molar-refractivity contribution in [1.82, 2.24) is 4.98 Å². The van der Waals surface area contributed by atoms with Gasteiger partial charge in [-0.2, -0.15) is 13.2 Å². The molecule has 0 saturated carbocycles. The lowest BCUT2D eigenvalue weighted by Crippen LogP contribution is -2.30. The van der Waals surface area contributed by atoms with E-state index < -0.39 is 43.2 Å². The minimum atomic E-state index is -5.26. The van der Waals surface area contributed by atoms with Crippen LogP contribution < -0.4 is 5.32 Å². The number of nitrogens with one attached hydrogen (secondary N) is 1. The van der Waals surface area contributed by atoms with E-state index in [0.29, 0.717) is 25.1 Å². The third-order valence-electron chi connectivity index (χ3n) is 2.65. The summed E-state index contributed by atoms with van der Waals surface area (Å²) in [6.07, 6.45) is -3.72. The number of unbranched alkanes of at least 4 members (excludes halogenated alkanes) is 1. The molecule has 1 aromatic heterocycles. The van der Waals surface area contributed by atoms with Gasteiger partial charge >= 0.3 is 17.8 Å². The number of nitrogens with zero attached hydrogens (tertiary/aromatic N) is 2. The molecule has 0 saturated heterocycles. The quantitative estimate of drug-likeness (QED) is 0.616. The van der Waals surface area contributed by atoms with Gasteiger partial charge in [0.1, 0.15) is 0 Å². The Morgan fingerprint density at radius 2 is 2.04 bits per heavy atom. The molecule has 23 heavy (non-hydrogen) atoms. The van der Waals surface area contributed by atoms with E-state index in [1.165, 1.54) is 5.32 Å². The number of pyridine rings is 1. The van der Waals surface area contributed by atoms with E-state index >= 15 is 0 Å². The van der Waals surface area contributed by atoms with Gasteiger partial charge in [-0.25, -0.2) is 13.4 Å². The largest absolute Gasteiger partial charge is 0.471 e. The number of rotatable bonds is 6. The van der Waals surface area contributed by atoms with Gasteiger partial charge in [-0.3, -0.25) is 20.2 Å². The molecule has 128 valence electrons. The van der Waals surface area contributed by atoms with Crippen molar-refractivity contribution in [1.29, 1.82) is 0 Å². The molecule has 0 aliphatic rings. The summed E-state index contributed by atoms with van der Waals surface area (Å²) in [6, 6.07) is 0.573. The molecule has 0 unspecified atom stereocenters. The highest BCUT2D eigenvalue weighted by Gasteiger charge is 2.40. The van der Waals surface area contributed by atoms with E-state index in [0.717, 1.165) is 0 Å². The van der Waals surface area contributed by atoms with Crippen molar-refractivity contribution in [2.75, 3.05) is 11.1 Å². The standard InChI is InChI=1S/C11H12F3N3O5S/c1-2-3-4-23(21,22)7-5-8(17(19)20)9(15-6-7)16-10(18)11(12,13)14/h5-6H,2-4H2,1H3,(H,15,16,18). The number of sulfone groups is 1. The lowest BCUT2D eigenvalue weighted by Gasteiger charge is -2.09. The Bertz CT molecular complexity index is 718. The Kier molecular flexibility index (Phi) is 5.64. The van der Waals surface area contributed by atoms with E-state index in [2.05, 4.69) is 4.98 Å². The molecule has 1 heterocycles. The van der Waals surface area contributed by atoms with Gasteiger partial charge in [0.05, 0.1) is 15.6 Å². The topological polar surface area (TPSA) is 119 Å². The van der Waals surface area contributed by atoms with Crippen molar-refractivity contribution in [3.05, 3.63) is 22.4 Å². The summed E-state index contributed by atoms with van der Waals surface area (Å²) in [5, 5.41) is 12.1. The summed E-state index contributed by atoms with van der Waals surface area (Å²) in [4.78, 5) is 23.3. The van der Waals surface area contributed by atoms with Crippen molar-refractivity contribution in [2.45, 2.75) is 30.8 Å². The summed E-state index contributed by atoms with van der Waals surface area (Å²) in [5.41, 5.74) is -1.04. The van der Waals surface area contributed by atoms with E-state index in [1.807, 2.05) is 0 Å². The smallest absolute Gasteiger partial charge is 0.297 e. The first-order valence-electron chi connectivity index (χ1n) is 6.24. The molecule has 1 aromatic rings. The second-order valence-electron chi connectivity index (χ2n) is 4.42. The number of carbonyl (C=O) groups is 1. The number of aromatic nitrogens is 1. The third-order valence-corrected chi connectivity index (χ3v) is 4.42. The lowest BCUT2D eigenvalue weighted by molar-refractivity contribution is -0.384. The molecule has 0 spiro atoms. The van der Waals surface area contributed by atoms with Crippen LogP contribution in [0.4, 0.5) is 24.7 Å². The van der Waals surface area contributed by atoms with Crippen LogP contribution in [0.25, 0.3) is 0 Å². The van der Waals surface area contributed by atoms with Crippen LogP contribution in [-0.2, 0) is 14.6 Å². The number of nitro groups is 1. The molecule has 0 aliphatic heterocycles. The Labute approximate surface area is 128 Å². The highest BCUT2D eigenvalue weighted by molar-refractivity contribution is 7.91. The zero-order chi connectivity index (χ0) is 17.8. The number of halogens is 3. The van der Waals surface area contributed by atoms with Gasteiger partial charge in [-0.05, 0) is 6.42 Å². The maximum atomic E-state index is 12.2. The van der Waals surface area contributed by atoms with Crippen LogP contribution in [0.1, 0.15) is 19.8 Å². The second-order valence-corrected chi connectivity index (χ2v) is 6.53. The Morgan fingerprint density at radius 1 is 1.43 bits per heavy atom. The van der Waals surface area contributed by atoms with Gasteiger partial charge in [-0.1, -0.05) is 13.3 Å². The number of hydrogen-bond donors (Lipinski definition) is 1. The fraction of sp³-hybridized carbons (Fsp3) is 0.455. The van der Waals surface area contributed by atoms with Crippen molar-refractivity contribution >= 4 is 27.2 Å². The first-order valence-corrected chi connectivity index (χ1v) is 7.89. The first-order chi connectivity index (χ1) is 10.5. The van der Waals surface area contributed by atoms with Gasteiger partial charge in [-0.15, -0.1) is 0 Å². The lowest BCUT2D eigenvalue weighted by atomic mass is 10.4. The average Bonchev–Trinajstić information content (AvgIpc) is 2.44. The van der Waals surface area contributed by atoms with Crippen LogP contribution in [0.3, 0.4) is 0 Å². The van der Waals surface area contributed by atoms with Gasteiger partial charge in [0.25, 0.3) is 0 Å². The SMILES string of the molecule is CCCCS(=O)(=O)c1cnc(NC(=O)C(F)(F)F)c([N+](=O)[O-])c1. The molecule has 0 aliphatic carbocycles. The first kappa shape index (κ1) is 18.8. The van der Waals surface area contributed by atoms with Crippen LogP contribution in [-0.4, -0.2) is 36.2 Å². The van der Waals surface area contributed by atoms with Crippen molar-refractivity contribution in [3.63, 3.8) is 0 Å². The van der Waals surface area contributed by atoms with E-state index in [9.17, 15) is 36.5 Å². The molecule has 0 fully saturated rings. The Hall–Kier alpha value is -2.24. The Balaban J connectivity index is 3.23. The molecule has 8 nitrogen and oxygen atoms in total. The fourth-order valence-electron chi connectivity index (χ4n) is 1.47. The molecule has 0 radical (unpaired) electrons. The van der Waals surface area contributed by atoms with E-state index in [4.69, 9.17) is 0 Å². The average molecular weight is 355 g/mol. The summed E-state index contributed by atoms with van der Waals surface area (Å²) >= 11 is 0. The molecule has 0 aromatic carbocycles. The maximum Gasteiger partial charge on any atom is 0.471 e. The van der Waals surface area contributed by atoms with Gasteiger partial charge in [0.2, 0.25) is 5.82 Å². The molecular formula is C11H12F3N3O5S. The molecule has 1 rings (SSSR count). The molecular weight excluding hydrogens is 343 g/mol. The number of alkyl halides is 3. The normalized spacial score (nSPS) is 12.0. The zero-order valence-corrected chi connectivity index (χ0v) is 12.6. The van der Waals surface area contributed by atoms with Crippen molar-refractivity contribution < 1.29 is 31.3 Å². The predicted molar refractivity (Wildman–Crippen MR) is 72.5 cm³/mol. The highest BCUT2D eigenvalue weighted by atomic mass is 32.2. The van der Waals surface area contributed by atoms with E-state index in [1.54, 1.807) is 6.92 Å². The number of anilines is 1. The molecule has 1 amide bonds. The third kappa shape index (κ3) is 4.87. The fourth-order valence-corrected chi connectivity index (χ4v) is 2.88. The number of carbonyl (C=O) groups excluding carboxylic acids is 1. The molecule has 12 heteroatoms. The van der Waals surface area contributed by atoms with Gasteiger partial charge < -0.3 is 0 Å². The monoisotopic (exact) mass is 355 g/mol. The molecule has 0 atom stereocenters. The summed E-state index contributed by atoms with van der Waals surface area (Å²) < 4.78 is 60.4. The van der Waals surface area contributed by atoms with Crippen LogP contribution in [0, 0.1) is 10.1 Å². The molecule has 0 bridgehead atoms. The van der Waals surface area contributed by atoms with Crippen LogP contribution in [0.5, 0.6) is 0 Å². The molecule has 1 N–H and O–H groups in total. The van der Waals surface area contributed by atoms with Crippen molar-refractivity contribution in [2.24, 2.45) is 0 Å². The minimum Gasteiger partial charge on any atom is -0.297 e. The second kappa shape index (κ2) is 6.89. The Morgan fingerprint density at radius 3 is 2.52 bits per heavy atom. The van der Waals surface area contributed by atoms with Gasteiger partial charge in [0.15, 0.2) is 9.84 Å². The van der Waals surface area contributed by atoms with E-state index in [-0.39, 0.29) is 5.75 Å². The minimum absolute atomic E-state index is 0.281. The summed E-state index contributed by atoms with van der Waals surface area (Å²) in [6.45, 7) is 1.74. The summed E-state index contributed by atoms with van der Waals surface area (Å²) in [5.74, 6) is -3.71. The highest BCUT2D eigenvalue weighted by Crippen LogP contribution is 2.27. The van der Waals surface area contributed by atoms with Crippen LogP contribution in [0.2, 0.25) is 0 Å². The van der Waals surface area contributed by atoms with Crippen LogP contribution in [0.15, 0.2) is 17.2 Å². The van der Waals surface area contributed by atoms with Crippen LogP contribution >= 0.6 is 0 Å². The van der Waals surface area contributed by atoms with Gasteiger partial charge in [0, 0.05) is 12.3 Å². The predicted octanol–water partition coefficient (Wildman–Crippen LogP) is 2.06. The van der Waals surface area contributed by atoms with Crippen molar-refractivity contribution in [3.8, 4) is 0 Å². The number of hydrogen-bond acceptors (Lipinski definition) is 6. The number of amides is 1. The maximum absolute atomic E-state index is 12.2. The summed E-state index contributed by atoms with van der Waals surface area (Å²) in [7, 11) is -3.85.